The van der Waals surface area contributed by atoms with E-state index in [0.717, 1.165) is 11.1 Å². The van der Waals surface area contributed by atoms with Gasteiger partial charge in [-0.05, 0) is 67.0 Å². The Morgan fingerprint density at radius 3 is 1.76 bits per heavy atom. The van der Waals surface area contributed by atoms with Crippen molar-refractivity contribution in [2.24, 2.45) is 23.7 Å². The van der Waals surface area contributed by atoms with Gasteiger partial charge in [0.15, 0.2) is 11.6 Å². The van der Waals surface area contributed by atoms with Gasteiger partial charge in [0.05, 0.1) is 30.1 Å². The van der Waals surface area contributed by atoms with Crippen LogP contribution in [0.15, 0.2) is 109 Å². The summed E-state index contributed by atoms with van der Waals surface area (Å²) in [5.74, 6) is -9.71. The molecule has 1 N–H and O–H groups in total. The Kier molecular flexibility index (Phi) is 11.7. The smallest absolute Gasteiger partial charge is 0.318 e. The highest BCUT2D eigenvalue weighted by Gasteiger charge is 2.50. The van der Waals surface area contributed by atoms with Crippen molar-refractivity contribution in [1.29, 1.82) is 0 Å². The second-order valence-electron chi connectivity index (χ2n) is 13.0. The first-order valence-corrected chi connectivity index (χ1v) is 17.0. The number of ketones is 2. The van der Waals surface area contributed by atoms with E-state index < -0.39 is 65.2 Å². The summed E-state index contributed by atoms with van der Waals surface area (Å²) in [7, 11) is 0. The molecule has 0 aromatic heterocycles. The summed E-state index contributed by atoms with van der Waals surface area (Å²) in [6.45, 7) is 5.35. The van der Waals surface area contributed by atoms with Crippen LogP contribution in [0.4, 0.5) is 0 Å². The minimum Gasteiger partial charge on any atom is -0.481 e. The molecule has 51 heavy (non-hydrogen) atoms. The number of aryl methyl sites for hydroxylation is 1. The molecule has 6 unspecified atom stereocenters. The number of benzene rings is 4. The fraction of sp³-hybridized carbons (Fsp3) is 0.286. The first kappa shape index (κ1) is 36.6. The first-order chi connectivity index (χ1) is 24.5. The predicted octanol–water partition coefficient (Wildman–Crippen LogP) is 7.38. The number of Topliss-reactive ketones (excluding diaryl/α,β-unsaturated/α-hetero) is 2. The number of carbonyl (C=O) groups is 6. The largest absolute Gasteiger partial charge is 0.481 e. The highest BCUT2D eigenvalue weighted by atomic mass is 16.6. The standard InChI is InChI=1S/C42H40O9/c1-4-32(27-11-7-5-8-12-27)38(34(39(45)46)23-33(28-13-9-6-10-14-28)37-26(3)40(47)51-41(37)48)42(49)50-31-21-19-30(20-22-31)36(44)24-35(43)29-17-15-25(2)16-18-29/h5-22,26,32-34,37-38H,4,23-24H2,1-3H3,(H,45,46). The summed E-state index contributed by atoms with van der Waals surface area (Å²) in [4.78, 5) is 78.6. The topological polar surface area (TPSA) is 141 Å². The third-order valence-corrected chi connectivity index (χ3v) is 9.77. The van der Waals surface area contributed by atoms with Gasteiger partial charge in [-0.25, -0.2) is 0 Å². The fourth-order valence-electron chi connectivity index (χ4n) is 6.98. The summed E-state index contributed by atoms with van der Waals surface area (Å²) < 4.78 is 10.8. The maximum absolute atomic E-state index is 14.3. The second kappa shape index (κ2) is 16.3. The highest BCUT2D eigenvalue weighted by Crippen LogP contribution is 2.45. The molecule has 1 fully saturated rings. The van der Waals surface area contributed by atoms with E-state index in [1.165, 1.54) is 24.3 Å². The number of hydrogen-bond donors (Lipinski definition) is 1. The Hall–Kier alpha value is -5.70. The van der Waals surface area contributed by atoms with Gasteiger partial charge in [0.25, 0.3) is 0 Å². The number of ether oxygens (including phenoxy) is 2. The second-order valence-corrected chi connectivity index (χ2v) is 13.0. The Balaban J connectivity index is 1.44. The van der Waals surface area contributed by atoms with Crippen LogP contribution < -0.4 is 4.74 Å². The molecule has 5 rings (SSSR count). The molecule has 0 amide bonds. The van der Waals surface area contributed by atoms with Gasteiger partial charge < -0.3 is 14.6 Å². The van der Waals surface area contributed by atoms with Crippen LogP contribution in [-0.4, -0.2) is 40.6 Å². The predicted molar refractivity (Wildman–Crippen MR) is 188 cm³/mol. The van der Waals surface area contributed by atoms with E-state index in [2.05, 4.69) is 0 Å². The number of carbonyl (C=O) groups excluding carboxylic acids is 5. The van der Waals surface area contributed by atoms with Gasteiger partial charge in [0.1, 0.15) is 5.75 Å². The van der Waals surface area contributed by atoms with Gasteiger partial charge in [0.2, 0.25) is 0 Å². The van der Waals surface area contributed by atoms with Crippen LogP contribution in [0.1, 0.15) is 82.4 Å². The monoisotopic (exact) mass is 688 g/mol. The molecule has 6 atom stereocenters. The number of carboxylic acids is 1. The number of hydrogen-bond acceptors (Lipinski definition) is 8. The molecule has 1 aliphatic rings. The van der Waals surface area contributed by atoms with Crippen LogP contribution in [0.25, 0.3) is 0 Å². The number of rotatable bonds is 15. The van der Waals surface area contributed by atoms with E-state index in [9.17, 15) is 33.9 Å². The van der Waals surface area contributed by atoms with Crippen LogP contribution in [0, 0.1) is 30.6 Å². The number of carboxylic acid groups (broad SMARTS) is 1. The SMILES string of the molecule is CCC(c1ccccc1)C(C(=O)Oc1ccc(C(=O)CC(=O)c2ccc(C)cc2)cc1)C(CC(c1ccccc1)C1C(=O)OC(=O)C1C)C(=O)O. The maximum atomic E-state index is 14.3. The van der Waals surface area contributed by atoms with Gasteiger partial charge in [-0.1, -0.05) is 104 Å². The van der Waals surface area contributed by atoms with Crippen LogP contribution >= 0.6 is 0 Å². The molecule has 0 radical (unpaired) electrons. The zero-order valence-corrected chi connectivity index (χ0v) is 28.7. The third-order valence-electron chi connectivity index (χ3n) is 9.77. The van der Waals surface area contributed by atoms with Crippen LogP contribution in [0.5, 0.6) is 5.75 Å². The third kappa shape index (κ3) is 8.55. The van der Waals surface area contributed by atoms with Crippen LogP contribution in [0.3, 0.4) is 0 Å². The molecular weight excluding hydrogens is 648 g/mol. The molecule has 1 saturated heterocycles. The molecule has 0 bridgehead atoms. The number of cyclic esters (lactones) is 2. The zero-order chi connectivity index (χ0) is 36.7. The molecule has 0 saturated carbocycles. The highest BCUT2D eigenvalue weighted by molar-refractivity contribution is 6.13. The van der Waals surface area contributed by atoms with E-state index >= 15 is 0 Å². The summed E-state index contributed by atoms with van der Waals surface area (Å²) >= 11 is 0. The van der Waals surface area contributed by atoms with Crippen molar-refractivity contribution in [2.45, 2.75) is 51.9 Å². The van der Waals surface area contributed by atoms with E-state index in [1.54, 1.807) is 61.5 Å². The minimum atomic E-state index is -1.34. The average Bonchev–Trinajstić information content (AvgIpc) is 3.38. The Labute approximate surface area is 296 Å². The van der Waals surface area contributed by atoms with E-state index in [0.29, 0.717) is 17.5 Å². The fourth-order valence-corrected chi connectivity index (χ4v) is 6.98. The summed E-state index contributed by atoms with van der Waals surface area (Å²) in [5, 5.41) is 10.8. The van der Waals surface area contributed by atoms with Crippen molar-refractivity contribution in [3.05, 3.63) is 137 Å². The van der Waals surface area contributed by atoms with Gasteiger partial charge in [-0.15, -0.1) is 0 Å². The molecule has 1 heterocycles. The van der Waals surface area contributed by atoms with Crippen molar-refractivity contribution in [1.82, 2.24) is 0 Å². The van der Waals surface area contributed by atoms with Gasteiger partial charge in [0, 0.05) is 11.1 Å². The van der Waals surface area contributed by atoms with E-state index in [-0.39, 0.29) is 29.9 Å². The molecule has 4 aromatic carbocycles. The molecule has 1 aliphatic heterocycles. The van der Waals surface area contributed by atoms with Gasteiger partial charge >= 0.3 is 23.9 Å². The van der Waals surface area contributed by atoms with Crippen molar-refractivity contribution >= 4 is 35.4 Å². The molecule has 262 valence electrons. The quantitative estimate of drug-likeness (QED) is 0.0586. The average molecular weight is 689 g/mol. The molecule has 0 aliphatic carbocycles. The Morgan fingerprint density at radius 1 is 0.745 bits per heavy atom. The van der Waals surface area contributed by atoms with Crippen molar-refractivity contribution in [3.8, 4) is 5.75 Å². The Bertz CT molecular complexity index is 1880. The zero-order valence-electron chi connectivity index (χ0n) is 28.7. The molecule has 4 aromatic rings. The molecule has 9 heteroatoms. The number of esters is 3. The summed E-state index contributed by atoms with van der Waals surface area (Å²) in [6, 6.07) is 30.7. The van der Waals surface area contributed by atoms with Gasteiger partial charge in [-0.3, -0.25) is 28.8 Å². The van der Waals surface area contributed by atoms with E-state index in [4.69, 9.17) is 9.47 Å². The lowest BCUT2D eigenvalue weighted by atomic mass is 9.69. The Morgan fingerprint density at radius 2 is 1.27 bits per heavy atom. The van der Waals surface area contributed by atoms with Crippen molar-refractivity contribution in [3.63, 3.8) is 0 Å². The lowest BCUT2D eigenvalue weighted by Crippen LogP contribution is -2.39. The van der Waals surface area contributed by atoms with Crippen molar-refractivity contribution < 1.29 is 43.3 Å². The molecule has 9 nitrogen and oxygen atoms in total. The lowest BCUT2D eigenvalue weighted by molar-refractivity contribution is -0.155. The van der Waals surface area contributed by atoms with Crippen molar-refractivity contribution in [2.75, 3.05) is 0 Å². The van der Waals surface area contributed by atoms with Crippen LogP contribution in [-0.2, 0) is 23.9 Å². The molecular formula is C42H40O9. The van der Waals surface area contributed by atoms with Gasteiger partial charge in [-0.2, -0.15) is 0 Å². The maximum Gasteiger partial charge on any atom is 0.318 e. The van der Waals surface area contributed by atoms with Crippen LogP contribution in [0.2, 0.25) is 0 Å². The molecule has 0 spiro atoms. The van der Waals surface area contributed by atoms with E-state index in [1.807, 2.05) is 44.2 Å². The summed E-state index contributed by atoms with van der Waals surface area (Å²) in [6.07, 6.45) is -0.0875. The summed E-state index contributed by atoms with van der Waals surface area (Å²) in [5.41, 5.74) is 3.07. The first-order valence-electron chi connectivity index (χ1n) is 17.0. The normalized spacial score (nSPS) is 17.9. The minimum absolute atomic E-state index is 0.0941. The lowest BCUT2D eigenvalue weighted by Gasteiger charge is -2.33. The number of aliphatic carboxylic acids is 1.